The van der Waals surface area contributed by atoms with E-state index in [1.54, 1.807) is 12.4 Å². The molecule has 0 bridgehead atoms. The van der Waals surface area contributed by atoms with E-state index in [1.807, 2.05) is 19.1 Å². The molecule has 1 heterocycles. The second-order valence-electron chi connectivity index (χ2n) is 3.08. The van der Waals surface area contributed by atoms with Crippen molar-refractivity contribution in [1.29, 1.82) is 0 Å². The van der Waals surface area contributed by atoms with Crippen molar-refractivity contribution >= 4 is 5.97 Å². The van der Waals surface area contributed by atoms with Crippen LogP contribution < -0.4 is 0 Å². The van der Waals surface area contributed by atoms with Gasteiger partial charge in [-0.05, 0) is 24.1 Å². The van der Waals surface area contributed by atoms with Gasteiger partial charge in [0.2, 0.25) is 0 Å². The fourth-order valence-corrected chi connectivity index (χ4v) is 1.11. The Balaban J connectivity index is 2.19. The number of carbonyl (C=O) groups is 1. The largest absolute Gasteiger partial charge is 0.465 e. The van der Waals surface area contributed by atoms with Gasteiger partial charge in [-0.1, -0.05) is 6.92 Å². The number of pyridine rings is 1. The summed E-state index contributed by atoms with van der Waals surface area (Å²) in [7, 11) is 0. The molecule has 0 atom stereocenters. The van der Waals surface area contributed by atoms with Crippen LogP contribution in [0.2, 0.25) is 0 Å². The highest BCUT2D eigenvalue weighted by Crippen LogP contribution is 1.99. The third kappa shape index (κ3) is 4.03. The van der Waals surface area contributed by atoms with Crippen LogP contribution in [-0.4, -0.2) is 17.6 Å². The van der Waals surface area contributed by atoms with Crippen molar-refractivity contribution < 1.29 is 9.53 Å². The van der Waals surface area contributed by atoms with E-state index < -0.39 is 0 Å². The Labute approximate surface area is 84.1 Å². The summed E-state index contributed by atoms with van der Waals surface area (Å²) in [6.45, 7) is 2.42. The van der Waals surface area contributed by atoms with Gasteiger partial charge in [0, 0.05) is 25.2 Å². The van der Waals surface area contributed by atoms with Crippen LogP contribution in [0.4, 0.5) is 0 Å². The van der Waals surface area contributed by atoms with E-state index in [9.17, 15) is 4.79 Å². The van der Waals surface area contributed by atoms with Crippen LogP contribution in [0, 0.1) is 0 Å². The van der Waals surface area contributed by atoms with E-state index in [4.69, 9.17) is 4.74 Å². The molecule has 1 aromatic heterocycles. The summed E-state index contributed by atoms with van der Waals surface area (Å²) in [5, 5.41) is 0. The van der Waals surface area contributed by atoms with Gasteiger partial charge in [-0.2, -0.15) is 0 Å². The maximum atomic E-state index is 11.0. The molecule has 76 valence electrons. The van der Waals surface area contributed by atoms with Crippen molar-refractivity contribution in [3.8, 4) is 0 Å². The van der Waals surface area contributed by atoms with Gasteiger partial charge in [0.1, 0.15) is 0 Å². The van der Waals surface area contributed by atoms with E-state index >= 15 is 0 Å². The molecule has 3 heteroatoms. The Morgan fingerprint density at radius 3 is 2.79 bits per heavy atom. The van der Waals surface area contributed by atoms with Gasteiger partial charge >= 0.3 is 5.97 Å². The number of nitrogens with zero attached hydrogens (tertiary/aromatic N) is 1. The Morgan fingerprint density at radius 1 is 1.43 bits per heavy atom. The molecule has 0 unspecified atom stereocenters. The molecule has 0 aliphatic heterocycles. The first-order chi connectivity index (χ1) is 6.83. The highest BCUT2D eigenvalue weighted by molar-refractivity contribution is 5.69. The topological polar surface area (TPSA) is 39.2 Å². The number of esters is 1. The normalized spacial score (nSPS) is 9.79. The fraction of sp³-hybridized carbons (Fsp3) is 0.455. The van der Waals surface area contributed by atoms with Crippen LogP contribution >= 0.6 is 0 Å². The monoisotopic (exact) mass is 193 g/mol. The minimum absolute atomic E-state index is 0.110. The van der Waals surface area contributed by atoms with Gasteiger partial charge in [-0.25, -0.2) is 0 Å². The first-order valence-corrected chi connectivity index (χ1v) is 4.87. The number of aromatic nitrogens is 1. The maximum Gasteiger partial charge on any atom is 0.305 e. The number of ether oxygens (including phenoxy) is 1. The molecule has 0 fully saturated rings. The number of rotatable bonds is 5. The lowest BCUT2D eigenvalue weighted by Gasteiger charge is -2.03. The molecule has 1 aromatic rings. The van der Waals surface area contributed by atoms with E-state index in [2.05, 4.69) is 4.98 Å². The molecule has 0 aliphatic rings. The highest BCUT2D eigenvalue weighted by atomic mass is 16.5. The van der Waals surface area contributed by atoms with Crippen LogP contribution in [0.1, 0.15) is 25.3 Å². The van der Waals surface area contributed by atoms with Crippen molar-refractivity contribution in [2.75, 3.05) is 6.61 Å². The average Bonchev–Trinajstić information content (AvgIpc) is 2.20. The molecule has 0 saturated carbocycles. The molecule has 0 amide bonds. The molecule has 0 radical (unpaired) electrons. The quantitative estimate of drug-likeness (QED) is 0.671. The van der Waals surface area contributed by atoms with Gasteiger partial charge in [-0.3, -0.25) is 9.78 Å². The summed E-state index contributed by atoms with van der Waals surface area (Å²) in [4.78, 5) is 14.9. The molecule has 1 rings (SSSR count). The van der Waals surface area contributed by atoms with Gasteiger partial charge in [0.05, 0.1) is 6.61 Å². The zero-order valence-corrected chi connectivity index (χ0v) is 8.40. The minimum atomic E-state index is -0.110. The number of carbonyl (C=O) groups excluding carboxylic acids is 1. The molecule has 0 aromatic carbocycles. The first kappa shape index (κ1) is 10.7. The van der Waals surface area contributed by atoms with Crippen LogP contribution in [0.25, 0.3) is 0 Å². The fourth-order valence-electron chi connectivity index (χ4n) is 1.11. The standard InChI is InChI=1S/C11H15NO2/c1-2-3-11(13)14-9-6-10-4-7-12-8-5-10/h4-5,7-8H,2-3,6,9H2,1H3. The average molecular weight is 193 g/mol. The van der Waals surface area contributed by atoms with Gasteiger partial charge in [-0.15, -0.1) is 0 Å². The second-order valence-corrected chi connectivity index (χ2v) is 3.08. The minimum Gasteiger partial charge on any atom is -0.465 e. The van der Waals surface area contributed by atoms with Crippen molar-refractivity contribution in [2.45, 2.75) is 26.2 Å². The van der Waals surface area contributed by atoms with E-state index in [1.165, 1.54) is 0 Å². The smallest absolute Gasteiger partial charge is 0.305 e. The summed E-state index contributed by atoms with van der Waals surface area (Å²) < 4.78 is 5.03. The summed E-state index contributed by atoms with van der Waals surface area (Å²) in [5.41, 5.74) is 1.14. The summed E-state index contributed by atoms with van der Waals surface area (Å²) in [6, 6.07) is 3.85. The zero-order valence-electron chi connectivity index (χ0n) is 8.40. The molecule has 0 spiro atoms. The van der Waals surface area contributed by atoms with Gasteiger partial charge in [0.15, 0.2) is 0 Å². The SMILES string of the molecule is CCCC(=O)OCCc1ccncc1. The lowest BCUT2D eigenvalue weighted by atomic mass is 10.2. The summed E-state index contributed by atoms with van der Waals surface area (Å²) in [6.07, 6.45) is 5.59. The first-order valence-electron chi connectivity index (χ1n) is 4.87. The third-order valence-electron chi connectivity index (χ3n) is 1.86. The second kappa shape index (κ2) is 6.13. The molecule has 3 nitrogen and oxygen atoms in total. The number of hydrogen-bond donors (Lipinski definition) is 0. The van der Waals surface area contributed by atoms with Crippen molar-refractivity contribution in [3.05, 3.63) is 30.1 Å². The van der Waals surface area contributed by atoms with Gasteiger partial charge in [0.25, 0.3) is 0 Å². The number of hydrogen-bond acceptors (Lipinski definition) is 3. The van der Waals surface area contributed by atoms with Crippen LogP contribution in [0.5, 0.6) is 0 Å². The van der Waals surface area contributed by atoms with Crippen LogP contribution in [0.15, 0.2) is 24.5 Å². The van der Waals surface area contributed by atoms with Crippen LogP contribution in [0.3, 0.4) is 0 Å². The molecule has 14 heavy (non-hydrogen) atoms. The van der Waals surface area contributed by atoms with Gasteiger partial charge < -0.3 is 4.74 Å². The predicted octanol–water partition coefficient (Wildman–Crippen LogP) is 1.97. The van der Waals surface area contributed by atoms with E-state index in [0.29, 0.717) is 13.0 Å². The van der Waals surface area contributed by atoms with Crippen LogP contribution in [-0.2, 0) is 16.0 Å². The molecular weight excluding hydrogens is 178 g/mol. The van der Waals surface area contributed by atoms with Crippen molar-refractivity contribution in [3.63, 3.8) is 0 Å². The molecule has 0 saturated heterocycles. The van der Waals surface area contributed by atoms with Crippen molar-refractivity contribution in [2.24, 2.45) is 0 Å². The summed E-state index contributed by atoms with van der Waals surface area (Å²) >= 11 is 0. The Bertz CT molecular complexity index is 272. The highest BCUT2D eigenvalue weighted by Gasteiger charge is 2.00. The Hall–Kier alpha value is -1.38. The van der Waals surface area contributed by atoms with Crippen molar-refractivity contribution in [1.82, 2.24) is 4.98 Å². The Kier molecular flexibility index (Phi) is 4.69. The summed E-state index contributed by atoms with van der Waals surface area (Å²) in [5.74, 6) is -0.110. The molecule has 0 N–H and O–H groups in total. The van der Waals surface area contributed by atoms with E-state index in [0.717, 1.165) is 18.4 Å². The third-order valence-corrected chi connectivity index (χ3v) is 1.86. The maximum absolute atomic E-state index is 11.0. The zero-order chi connectivity index (χ0) is 10.2. The molecule has 0 aliphatic carbocycles. The Morgan fingerprint density at radius 2 is 2.14 bits per heavy atom. The van der Waals surface area contributed by atoms with E-state index in [-0.39, 0.29) is 5.97 Å². The lowest BCUT2D eigenvalue weighted by molar-refractivity contribution is -0.143. The molecular formula is C11H15NO2. The predicted molar refractivity (Wildman–Crippen MR) is 53.8 cm³/mol. The lowest BCUT2D eigenvalue weighted by Crippen LogP contribution is -2.06.